The van der Waals surface area contributed by atoms with E-state index in [2.05, 4.69) is 19.2 Å². The minimum absolute atomic E-state index is 0.0256. The summed E-state index contributed by atoms with van der Waals surface area (Å²) in [6, 6.07) is 4.54. The molecule has 0 aliphatic heterocycles. The van der Waals surface area contributed by atoms with E-state index in [1.807, 2.05) is 0 Å². The predicted octanol–water partition coefficient (Wildman–Crippen LogP) is 2.99. The van der Waals surface area contributed by atoms with Crippen molar-refractivity contribution in [1.82, 2.24) is 5.32 Å². The molecule has 1 rings (SSSR count). The lowest BCUT2D eigenvalue weighted by atomic mass is 10.2. The summed E-state index contributed by atoms with van der Waals surface area (Å²) in [5.74, 6) is 0.567. The van der Waals surface area contributed by atoms with E-state index in [1.165, 1.54) is 12.1 Å². The Hall–Kier alpha value is -1.13. The van der Waals surface area contributed by atoms with Crippen molar-refractivity contribution in [2.45, 2.75) is 20.4 Å². The Bertz CT molecular complexity index is 380. The van der Waals surface area contributed by atoms with E-state index in [-0.39, 0.29) is 5.69 Å². The van der Waals surface area contributed by atoms with Crippen LogP contribution >= 0.6 is 11.6 Å². The van der Waals surface area contributed by atoms with Gasteiger partial charge in [0.25, 0.3) is 5.69 Å². The molecule has 0 heterocycles. The van der Waals surface area contributed by atoms with Crippen LogP contribution in [0.25, 0.3) is 0 Å². The molecule has 0 bridgehead atoms. The van der Waals surface area contributed by atoms with Gasteiger partial charge in [0.2, 0.25) is 0 Å². The highest BCUT2D eigenvalue weighted by molar-refractivity contribution is 6.31. The van der Waals surface area contributed by atoms with E-state index in [1.54, 1.807) is 6.07 Å². The molecule has 4 nitrogen and oxygen atoms in total. The van der Waals surface area contributed by atoms with Crippen LogP contribution in [0.5, 0.6) is 0 Å². The SMILES string of the molecule is CC(C)CNCc1ccc([N+](=O)[O-])cc1Cl. The maximum absolute atomic E-state index is 10.5. The highest BCUT2D eigenvalue weighted by Crippen LogP contribution is 2.22. The van der Waals surface area contributed by atoms with Crippen molar-refractivity contribution in [1.29, 1.82) is 0 Å². The molecule has 1 aromatic carbocycles. The molecule has 0 unspecified atom stereocenters. The number of hydrogen-bond donors (Lipinski definition) is 1. The molecule has 0 saturated carbocycles. The maximum Gasteiger partial charge on any atom is 0.270 e. The smallest absolute Gasteiger partial charge is 0.270 e. The molecule has 0 fully saturated rings. The highest BCUT2D eigenvalue weighted by atomic mass is 35.5. The Morgan fingerprint density at radius 3 is 2.69 bits per heavy atom. The summed E-state index contributed by atoms with van der Waals surface area (Å²) in [5, 5.41) is 14.2. The summed E-state index contributed by atoms with van der Waals surface area (Å²) in [4.78, 5) is 10.1. The van der Waals surface area contributed by atoms with Crippen molar-refractivity contribution in [2.24, 2.45) is 5.92 Å². The first-order valence-electron chi connectivity index (χ1n) is 5.14. The van der Waals surface area contributed by atoms with Gasteiger partial charge in [0.05, 0.1) is 9.95 Å². The fraction of sp³-hybridized carbons (Fsp3) is 0.455. The minimum Gasteiger partial charge on any atom is -0.312 e. The lowest BCUT2D eigenvalue weighted by molar-refractivity contribution is -0.384. The fourth-order valence-electron chi connectivity index (χ4n) is 1.29. The molecule has 0 aliphatic rings. The monoisotopic (exact) mass is 242 g/mol. The number of non-ortho nitro benzene ring substituents is 1. The van der Waals surface area contributed by atoms with Gasteiger partial charge in [0.15, 0.2) is 0 Å². The molecular formula is C11H15ClN2O2. The van der Waals surface area contributed by atoms with Gasteiger partial charge in [0, 0.05) is 18.7 Å². The van der Waals surface area contributed by atoms with Crippen LogP contribution < -0.4 is 5.32 Å². The number of benzene rings is 1. The topological polar surface area (TPSA) is 55.2 Å². The lowest BCUT2D eigenvalue weighted by Crippen LogP contribution is -2.19. The molecule has 0 aliphatic carbocycles. The van der Waals surface area contributed by atoms with Crippen molar-refractivity contribution in [3.63, 3.8) is 0 Å². The molecule has 1 N–H and O–H groups in total. The van der Waals surface area contributed by atoms with Crippen LogP contribution in [0.3, 0.4) is 0 Å². The highest BCUT2D eigenvalue weighted by Gasteiger charge is 2.08. The van der Waals surface area contributed by atoms with Crippen LogP contribution in [0.4, 0.5) is 5.69 Å². The van der Waals surface area contributed by atoms with Crippen molar-refractivity contribution >= 4 is 17.3 Å². The zero-order chi connectivity index (χ0) is 12.1. The molecule has 1 aromatic rings. The number of nitrogens with zero attached hydrogens (tertiary/aromatic N) is 1. The molecule has 0 amide bonds. The quantitative estimate of drug-likeness (QED) is 0.638. The Morgan fingerprint density at radius 2 is 2.19 bits per heavy atom. The van der Waals surface area contributed by atoms with Crippen molar-refractivity contribution in [3.8, 4) is 0 Å². The number of nitrogens with one attached hydrogen (secondary N) is 1. The molecular weight excluding hydrogens is 228 g/mol. The maximum atomic E-state index is 10.5. The number of nitro benzene ring substituents is 1. The third-order valence-electron chi connectivity index (χ3n) is 2.12. The third-order valence-corrected chi connectivity index (χ3v) is 2.47. The van der Waals surface area contributed by atoms with E-state index in [0.29, 0.717) is 17.5 Å². The second-order valence-corrected chi connectivity index (χ2v) is 4.46. The van der Waals surface area contributed by atoms with Crippen molar-refractivity contribution in [3.05, 3.63) is 38.9 Å². The van der Waals surface area contributed by atoms with Gasteiger partial charge >= 0.3 is 0 Å². The van der Waals surface area contributed by atoms with E-state index in [9.17, 15) is 10.1 Å². The molecule has 0 radical (unpaired) electrons. The van der Waals surface area contributed by atoms with Crippen LogP contribution in [0.15, 0.2) is 18.2 Å². The first-order chi connectivity index (χ1) is 7.50. The van der Waals surface area contributed by atoms with Crippen molar-refractivity contribution < 1.29 is 4.92 Å². The largest absolute Gasteiger partial charge is 0.312 e. The Labute approximate surface area is 99.8 Å². The van der Waals surface area contributed by atoms with E-state index in [4.69, 9.17) is 11.6 Å². The van der Waals surface area contributed by atoms with E-state index >= 15 is 0 Å². The van der Waals surface area contributed by atoms with Gasteiger partial charge in [-0.2, -0.15) is 0 Å². The Kier molecular flexibility index (Phi) is 4.71. The molecule has 88 valence electrons. The molecule has 0 spiro atoms. The van der Waals surface area contributed by atoms with Gasteiger partial charge in [-0.15, -0.1) is 0 Å². The second-order valence-electron chi connectivity index (χ2n) is 4.06. The molecule has 0 aromatic heterocycles. The average molecular weight is 243 g/mol. The number of nitro groups is 1. The Morgan fingerprint density at radius 1 is 1.50 bits per heavy atom. The predicted molar refractivity (Wildman–Crippen MR) is 64.7 cm³/mol. The molecule has 5 heteroatoms. The Balaban J connectivity index is 2.64. The van der Waals surface area contributed by atoms with Crippen LogP contribution in [0.2, 0.25) is 5.02 Å². The standard InChI is InChI=1S/C11H15ClN2O2/c1-8(2)6-13-7-9-3-4-10(14(15)16)5-11(9)12/h3-5,8,13H,6-7H2,1-2H3. The summed E-state index contributed by atoms with van der Waals surface area (Å²) in [7, 11) is 0. The van der Waals surface area contributed by atoms with Gasteiger partial charge < -0.3 is 5.32 Å². The van der Waals surface area contributed by atoms with Crippen LogP contribution in [0, 0.1) is 16.0 Å². The number of rotatable bonds is 5. The summed E-state index contributed by atoms with van der Waals surface area (Å²) in [6.45, 7) is 5.76. The molecule has 0 atom stereocenters. The fourth-order valence-corrected chi connectivity index (χ4v) is 1.53. The molecule has 16 heavy (non-hydrogen) atoms. The summed E-state index contributed by atoms with van der Waals surface area (Å²) in [6.07, 6.45) is 0. The van der Waals surface area contributed by atoms with Crippen LogP contribution in [-0.2, 0) is 6.54 Å². The van der Waals surface area contributed by atoms with Gasteiger partial charge in [0.1, 0.15) is 0 Å². The summed E-state index contributed by atoms with van der Waals surface area (Å²) in [5.41, 5.74) is 0.908. The van der Waals surface area contributed by atoms with Gasteiger partial charge in [-0.3, -0.25) is 10.1 Å². The van der Waals surface area contributed by atoms with E-state index < -0.39 is 4.92 Å². The lowest BCUT2D eigenvalue weighted by Gasteiger charge is -2.08. The van der Waals surface area contributed by atoms with Crippen LogP contribution in [0.1, 0.15) is 19.4 Å². The van der Waals surface area contributed by atoms with E-state index in [0.717, 1.165) is 12.1 Å². The zero-order valence-corrected chi connectivity index (χ0v) is 10.1. The van der Waals surface area contributed by atoms with Gasteiger partial charge in [-0.05, 0) is 24.1 Å². The normalized spacial score (nSPS) is 10.8. The van der Waals surface area contributed by atoms with Gasteiger partial charge in [-0.25, -0.2) is 0 Å². The summed E-state index contributed by atoms with van der Waals surface area (Å²) < 4.78 is 0. The van der Waals surface area contributed by atoms with Crippen molar-refractivity contribution in [2.75, 3.05) is 6.54 Å². The second kappa shape index (κ2) is 5.82. The number of hydrogen-bond acceptors (Lipinski definition) is 3. The number of halogens is 1. The minimum atomic E-state index is -0.447. The van der Waals surface area contributed by atoms with Crippen LogP contribution in [-0.4, -0.2) is 11.5 Å². The summed E-state index contributed by atoms with van der Waals surface area (Å²) >= 11 is 5.94. The first kappa shape index (κ1) is 12.9. The average Bonchev–Trinajstić information content (AvgIpc) is 2.19. The zero-order valence-electron chi connectivity index (χ0n) is 9.37. The van der Waals surface area contributed by atoms with Gasteiger partial charge in [-0.1, -0.05) is 25.4 Å². The molecule has 0 saturated heterocycles. The first-order valence-corrected chi connectivity index (χ1v) is 5.52. The third kappa shape index (κ3) is 3.79.